The van der Waals surface area contributed by atoms with Crippen LogP contribution in [0.4, 0.5) is 5.82 Å². The lowest BCUT2D eigenvalue weighted by molar-refractivity contribution is 0.0865. The van der Waals surface area contributed by atoms with Crippen LogP contribution in [0.25, 0.3) is 0 Å². The van der Waals surface area contributed by atoms with Gasteiger partial charge in [0.1, 0.15) is 5.82 Å². The van der Waals surface area contributed by atoms with Crippen LogP contribution in [-0.4, -0.2) is 21.2 Å². The van der Waals surface area contributed by atoms with E-state index >= 15 is 0 Å². The van der Waals surface area contributed by atoms with Crippen molar-refractivity contribution in [1.82, 2.24) is 9.78 Å². The van der Waals surface area contributed by atoms with E-state index in [1.165, 1.54) is 6.20 Å². The van der Waals surface area contributed by atoms with Crippen LogP contribution >= 0.6 is 0 Å². The Kier molecular flexibility index (Phi) is 2.38. The summed E-state index contributed by atoms with van der Waals surface area (Å²) in [6.07, 6.45) is 1.70. The van der Waals surface area contributed by atoms with Crippen LogP contribution in [-0.2, 0) is 0 Å². The predicted octanol–water partition coefficient (Wildman–Crippen LogP) is 0.233. The highest BCUT2D eigenvalue weighted by molar-refractivity contribution is 5.81. The SMILES string of the molecule is CC(C)(N)CC(=O)n1nccc1N. The number of carbonyl (C=O) groups excluding carboxylic acids is 1. The minimum Gasteiger partial charge on any atom is -0.383 e. The molecule has 0 bridgehead atoms. The normalized spacial score (nSPS) is 11.6. The fourth-order valence-electron chi connectivity index (χ4n) is 0.987. The molecular formula is C8H14N4O. The average Bonchev–Trinajstić information content (AvgIpc) is 2.30. The fraction of sp³-hybridized carbons (Fsp3) is 0.500. The molecule has 0 radical (unpaired) electrons. The molecule has 72 valence electrons. The Balaban J connectivity index is 2.76. The maximum atomic E-state index is 11.5. The van der Waals surface area contributed by atoms with Crippen LogP contribution in [0.15, 0.2) is 12.3 Å². The molecule has 0 saturated carbocycles. The van der Waals surface area contributed by atoms with Crippen molar-refractivity contribution < 1.29 is 4.79 Å². The van der Waals surface area contributed by atoms with Gasteiger partial charge in [0.25, 0.3) is 5.91 Å². The summed E-state index contributed by atoms with van der Waals surface area (Å²) in [5.41, 5.74) is 10.7. The first-order valence-corrected chi connectivity index (χ1v) is 4.02. The summed E-state index contributed by atoms with van der Waals surface area (Å²) >= 11 is 0. The molecule has 0 aliphatic heterocycles. The summed E-state index contributed by atoms with van der Waals surface area (Å²) in [5, 5.41) is 3.79. The Labute approximate surface area is 76.7 Å². The zero-order valence-electron chi connectivity index (χ0n) is 7.82. The second-order valence-corrected chi connectivity index (χ2v) is 3.73. The number of nitrogens with zero attached hydrogens (tertiary/aromatic N) is 2. The van der Waals surface area contributed by atoms with Crippen LogP contribution in [0.2, 0.25) is 0 Å². The third-order valence-corrected chi connectivity index (χ3v) is 1.52. The van der Waals surface area contributed by atoms with Gasteiger partial charge in [-0.2, -0.15) is 9.78 Å². The second kappa shape index (κ2) is 3.18. The molecule has 0 fully saturated rings. The van der Waals surface area contributed by atoms with E-state index in [-0.39, 0.29) is 12.3 Å². The van der Waals surface area contributed by atoms with Gasteiger partial charge in [-0.15, -0.1) is 0 Å². The summed E-state index contributed by atoms with van der Waals surface area (Å²) < 4.78 is 1.16. The Bertz CT molecular complexity index is 310. The van der Waals surface area contributed by atoms with E-state index in [2.05, 4.69) is 5.10 Å². The van der Waals surface area contributed by atoms with Crippen molar-refractivity contribution in [3.8, 4) is 0 Å². The molecule has 0 unspecified atom stereocenters. The molecule has 5 nitrogen and oxygen atoms in total. The van der Waals surface area contributed by atoms with Gasteiger partial charge in [0.2, 0.25) is 0 Å². The van der Waals surface area contributed by atoms with E-state index in [9.17, 15) is 4.79 Å². The maximum absolute atomic E-state index is 11.5. The topological polar surface area (TPSA) is 86.9 Å². The molecule has 1 rings (SSSR count). The van der Waals surface area contributed by atoms with E-state index in [0.717, 1.165) is 4.68 Å². The fourth-order valence-corrected chi connectivity index (χ4v) is 0.987. The first-order chi connectivity index (χ1) is 5.90. The molecule has 1 aromatic rings. The molecule has 0 atom stereocenters. The number of anilines is 1. The van der Waals surface area contributed by atoms with Gasteiger partial charge in [-0.1, -0.05) is 0 Å². The minimum atomic E-state index is -0.532. The molecule has 0 saturated heterocycles. The number of carbonyl (C=O) groups is 1. The quantitative estimate of drug-likeness (QED) is 0.685. The Hall–Kier alpha value is -1.36. The van der Waals surface area contributed by atoms with Gasteiger partial charge in [-0.25, -0.2) is 0 Å². The Morgan fingerprint density at radius 3 is 2.69 bits per heavy atom. The zero-order chi connectivity index (χ0) is 10.1. The summed E-state index contributed by atoms with van der Waals surface area (Å²) in [4.78, 5) is 11.5. The number of aromatic nitrogens is 2. The Morgan fingerprint density at radius 1 is 1.69 bits per heavy atom. The molecule has 0 aliphatic rings. The lowest BCUT2D eigenvalue weighted by Crippen LogP contribution is -2.36. The smallest absolute Gasteiger partial charge is 0.250 e. The monoisotopic (exact) mass is 182 g/mol. The number of hydrogen-bond donors (Lipinski definition) is 2. The van der Waals surface area contributed by atoms with Crippen LogP contribution in [0.3, 0.4) is 0 Å². The molecule has 0 aliphatic carbocycles. The number of hydrogen-bond acceptors (Lipinski definition) is 4. The highest BCUT2D eigenvalue weighted by Gasteiger charge is 2.19. The molecule has 13 heavy (non-hydrogen) atoms. The summed E-state index contributed by atoms with van der Waals surface area (Å²) in [7, 11) is 0. The minimum absolute atomic E-state index is 0.185. The van der Waals surface area contributed by atoms with Crippen LogP contribution in [0.5, 0.6) is 0 Å². The molecule has 0 amide bonds. The lowest BCUT2D eigenvalue weighted by atomic mass is 10.0. The van der Waals surface area contributed by atoms with Gasteiger partial charge >= 0.3 is 0 Å². The van der Waals surface area contributed by atoms with E-state index in [4.69, 9.17) is 11.5 Å². The van der Waals surface area contributed by atoms with Crippen LogP contribution < -0.4 is 11.5 Å². The van der Waals surface area contributed by atoms with E-state index in [0.29, 0.717) is 5.82 Å². The third kappa shape index (κ3) is 2.55. The van der Waals surface area contributed by atoms with Crippen LogP contribution in [0.1, 0.15) is 25.1 Å². The van der Waals surface area contributed by atoms with E-state index < -0.39 is 5.54 Å². The first kappa shape index (κ1) is 9.73. The molecule has 1 heterocycles. The molecule has 5 heteroatoms. The van der Waals surface area contributed by atoms with Crippen molar-refractivity contribution in [3.05, 3.63) is 12.3 Å². The first-order valence-electron chi connectivity index (χ1n) is 4.02. The molecular weight excluding hydrogens is 168 g/mol. The number of nitrogen functional groups attached to an aromatic ring is 1. The summed E-state index contributed by atoms with van der Waals surface area (Å²) in [5.74, 6) is 0.157. The highest BCUT2D eigenvalue weighted by atomic mass is 16.2. The van der Waals surface area contributed by atoms with E-state index in [1.54, 1.807) is 19.9 Å². The van der Waals surface area contributed by atoms with Crippen molar-refractivity contribution in [2.45, 2.75) is 25.8 Å². The predicted molar refractivity (Wildman–Crippen MR) is 50.1 cm³/mol. The number of rotatable bonds is 2. The van der Waals surface area contributed by atoms with Gasteiger partial charge < -0.3 is 11.5 Å². The summed E-state index contributed by atoms with van der Waals surface area (Å²) in [6.45, 7) is 3.56. The molecule has 1 aromatic heterocycles. The van der Waals surface area contributed by atoms with Gasteiger partial charge in [-0.05, 0) is 13.8 Å². The van der Waals surface area contributed by atoms with Gasteiger partial charge in [0, 0.05) is 18.0 Å². The Morgan fingerprint density at radius 2 is 2.31 bits per heavy atom. The van der Waals surface area contributed by atoms with E-state index in [1.807, 2.05) is 0 Å². The molecule has 4 N–H and O–H groups in total. The summed E-state index contributed by atoms with van der Waals surface area (Å²) in [6, 6.07) is 1.57. The third-order valence-electron chi connectivity index (χ3n) is 1.52. The standard InChI is InChI=1S/C8H14N4O/c1-8(2,10)5-7(13)12-6(9)3-4-11-12/h3-4H,5,9-10H2,1-2H3. The van der Waals surface area contributed by atoms with Crippen molar-refractivity contribution in [1.29, 1.82) is 0 Å². The van der Waals surface area contributed by atoms with Crippen molar-refractivity contribution in [3.63, 3.8) is 0 Å². The molecule has 0 spiro atoms. The van der Waals surface area contributed by atoms with Crippen molar-refractivity contribution in [2.75, 3.05) is 5.73 Å². The largest absolute Gasteiger partial charge is 0.383 e. The number of nitrogens with two attached hydrogens (primary N) is 2. The maximum Gasteiger partial charge on any atom is 0.250 e. The second-order valence-electron chi connectivity index (χ2n) is 3.73. The van der Waals surface area contributed by atoms with Gasteiger partial charge in [-0.3, -0.25) is 4.79 Å². The van der Waals surface area contributed by atoms with Gasteiger partial charge in [0.05, 0.1) is 6.20 Å². The van der Waals surface area contributed by atoms with Crippen molar-refractivity contribution >= 4 is 11.7 Å². The highest BCUT2D eigenvalue weighted by Crippen LogP contribution is 2.08. The molecule has 0 aromatic carbocycles. The van der Waals surface area contributed by atoms with Crippen LogP contribution in [0, 0.1) is 0 Å². The zero-order valence-corrected chi connectivity index (χ0v) is 7.82. The van der Waals surface area contributed by atoms with Crippen molar-refractivity contribution in [2.24, 2.45) is 5.73 Å². The van der Waals surface area contributed by atoms with Gasteiger partial charge in [0.15, 0.2) is 0 Å². The lowest BCUT2D eigenvalue weighted by Gasteiger charge is -2.16. The average molecular weight is 182 g/mol.